The molecule has 0 aliphatic carbocycles. The molecule has 0 amide bonds. The van der Waals surface area contributed by atoms with Crippen molar-refractivity contribution in [2.45, 2.75) is 20.0 Å². The van der Waals surface area contributed by atoms with Crippen LogP contribution >= 0.6 is 0 Å². The molecule has 0 aromatic rings. The average Bonchev–Trinajstić information content (AvgIpc) is 1.27. The SMILES string of the molecule is CC(C)OS(=O)[O-].[Na+]. The Morgan fingerprint density at radius 2 is 2.00 bits per heavy atom. The third kappa shape index (κ3) is 10.1. The molecule has 5 heteroatoms. The van der Waals surface area contributed by atoms with Crippen molar-refractivity contribution < 1.29 is 42.5 Å². The predicted molar refractivity (Wildman–Crippen MR) is 25.1 cm³/mol. The van der Waals surface area contributed by atoms with Crippen LogP contribution in [0.5, 0.6) is 0 Å². The maximum Gasteiger partial charge on any atom is 1.00 e. The summed E-state index contributed by atoms with van der Waals surface area (Å²) in [5.41, 5.74) is 0. The first kappa shape index (κ1) is 11.8. The molecule has 0 heterocycles. The number of rotatable bonds is 2. The van der Waals surface area contributed by atoms with Crippen molar-refractivity contribution in [3.05, 3.63) is 0 Å². The van der Waals surface area contributed by atoms with E-state index in [-0.39, 0.29) is 35.7 Å². The van der Waals surface area contributed by atoms with Crippen LogP contribution in [0.1, 0.15) is 13.8 Å². The van der Waals surface area contributed by atoms with Crippen LogP contribution in [0.25, 0.3) is 0 Å². The summed E-state index contributed by atoms with van der Waals surface area (Å²) in [6, 6.07) is 0. The average molecular weight is 146 g/mol. The van der Waals surface area contributed by atoms with E-state index in [9.17, 15) is 8.76 Å². The van der Waals surface area contributed by atoms with Crippen LogP contribution in [0.2, 0.25) is 0 Å². The minimum atomic E-state index is -2.35. The van der Waals surface area contributed by atoms with Gasteiger partial charge in [-0.1, -0.05) is 0 Å². The largest absolute Gasteiger partial charge is 1.00 e. The Bertz CT molecular complexity index is 74.9. The predicted octanol–water partition coefficient (Wildman–Crippen LogP) is -2.79. The van der Waals surface area contributed by atoms with Crippen LogP contribution < -0.4 is 29.6 Å². The second-order valence-electron chi connectivity index (χ2n) is 1.35. The molecule has 0 aromatic heterocycles. The van der Waals surface area contributed by atoms with Crippen LogP contribution in [-0.2, 0) is 15.5 Å². The Hall–Kier alpha value is 1.07. The van der Waals surface area contributed by atoms with Gasteiger partial charge in [-0.25, -0.2) is 4.21 Å². The molecule has 0 aromatic carbocycles. The van der Waals surface area contributed by atoms with E-state index < -0.39 is 11.4 Å². The second-order valence-corrected chi connectivity index (χ2v) is 1.95. The summed E-state index contributed by atoms with van der Waals surface area (Å²) in [5.74, 6) is 0. The smallest absolute Gasteiger partial charge is 0.750 e. The van der Waals surface area contributed by atoms with Crippen LogP contribution in [-0.4, -0.2) is 14.9 Å². The van der Waals surface area contributed by atoms with Crippen LogP contribution in [0, 0.1) is 0 Å². The summed E-state index contributed by atoms with van der Waals surface area (Å²) in [6.07, 6.45) is -0.238. The van der Waals surface area contributed by atoms with Crippen molar-refractivity contribution in [3.8, 4) is 0 Å². The van der Waals surface area contributed by atoms with Gasteiger partial charge in [0.2, 0.25) is 0 Å². The first-order valence-corrected chi connectivity index (χ1v) is 2.89. The molecule has 44 valence electrons. The minimum absolute atomic E-state index is 0. The molecule has 0 spiro atoms. The summed E-state index contributed by atoms with van der Waals surface area (Å²) in [6.45, 7) is 3.30. The molecule has 3 nitrogen and oxygen atoms in total. The summed E-state index contributed by atoms with van der Waals surface area (Å²) in [7, 11) is 0. The van der Waals surface area contributed by atoms with Gasteiger partial charge in [0.25, 0.3) is 0 Å². The summed E-state index contributed by atoms with van der Waals surface area (Å²) >= 11 is -2.35. The zero-order valence-corrected chi connectivity index (χ0v) is 8.03. The van der Waals surface area contributed by atoms with Crippen LogP contribution in [0.4, 0.5) is 0 Å². The van der Waals surface area contributed by atoms with Crippen LogP contribution in [0.15, 0.2) is 0 Å². The Kier molecular flexibility index (Phi) is 9.15. The van der Waals surface area contributed by atoms with Gasteiger partial charge in [-0.2, -0.15) is 0 Å². The van der Waals surface area contributed by atoms with Gasteiger partial charge < -0.3 is 4.55 Å². The summed E-state index contributed by atoms with van der Waals surface area (Å²) in [5, 5.41) is 0. The Morgan fingerprint density at radius 1 is 1.62 bits per heavy atom. The molecule has 8 heavy (non-hydrogen) atoms. The Balaban J connectivity index is 0. The van der Waals surface area contributed by atoms with Gasteiger partial charge in [0.15, 0.2) is 0 Å². The minimum Gasteiger partial charge on any atom is -0.750 e. The third-order valence-corrected chi connectivity index (χ3v) is 0.813. The van der Waals surface area contributed by atoms with Crippen molar-refractivity contribution in [2.24, 2.45) is 0 Å². The van der Waals surface area contributed by atoms with Crippen molar-refractivity contribution >= 4 is 11.4 Å². The van der Waals surface area contributed by atoms with Gasteiger partial charge in [-0.3, -0.25) is 4.18 Å². The quantitative estimate of drug-likeness (QED) is 0.312. The summed E-state index contributed by atoms with van der Waals surface area (Å²) < 4.78 is 23.3. The molecule has 0 rings (SSSR count). The second kappa shape index (κ2) is 6.19. The van der Waals surface area contributed by atoms with E-state index in [0.717, 1.165) is 0 Å². The number of hydrogen-bond donors (Lipinski definition) is 0. The molecule has 1 atom stereocenters. The van der Waals surface area contributed by atoms with Crippen molar-refractivity contribution in [2.75, 3.05) is 0 Å². The fourth-order valence-electron chi connectivity index (χ4n) is 0.157. The third-order valence-electron chi connectivity index (χ3n) is 0.271. The van der Waals surface area contributed by atoms with E-state index >= 15 is 0 Å². The molecule has 0 N–H and O–H groups in total. The van der Waals surface area contributed by atoms with Gasteiger partial charge in [-0.05, 0) is 13.8 Å². The van der Waals surface area contributed by atoms with Gasteiger partial charge >= 0.3 is 29.6 Å². The maximum absolute atomic E-state index is 9.59. The molecule has 0 saturated heterocycles. The van der Waals surface area contributed by atoms with Crippen molar-refractivity contribution in [1.29, 1.82) is 0 Å². The van der Waals surface area contributed by atoms with E-state index in [2.05, 4.69) is 4.18 Å². The fourth-order valence-corrected chi connectivity index (χ4v) is 0.471. The zero-order chi connectivity index (χ0) is 5.86. The topological polar surface area (TPSA) is 49.4 Å². The van der Waals surface area contributed by atoms with Crippen molar-refractivity contribution in [3.63, 3.8) is 0 Å². The molecule has 0 radical (unpaired) electrons. The molecular weight excluding hydrogens is 139 g/mol. The molecule has 0 bridgehead atoms. The number of hydrogen-bond acceptors (Lipinski definition) is 3. The standard InChI is InChI=1S/C3H8O3S.Na/c1-3(2)6-7(4)5;/h3H,1-2H3,(H,4,5);/q;+1/p-1. The monoisotopic (exact) mass is 146 g/mol. The van der Waals surface area contributed by atoms with E-state index in [1.165, 1.54) is 0 Å². The van der Waals surface area contributed by atoms with Gasteiger partial charge in [-0.15, -0.1) is 0 Å². The molecule has 1 unspecified atom stereocenters. The van der Waals surface area contributed by atoms with E-state index in [4.69, 9.17) is 0 Å². The van der Waals surface area contributed by atoms with E-state index in [1.54, 1.807) is 13.8 Å². The molecule has 0 saturated carbocycles. The molecular formula is C3H7NaO3S. The summed E-state index contributed by atoms with van der Waals surface area (Å²) in [4.78, 5) is 0. The first-order valence-electron chi connectivity index (χ1n) is 1.89. The Labute approximate surface area is 73.6 Å². The molecule has 0 aliphatic rings. The molecule has 0 fully saturated rings. The van der Waals surface area contributed by atoms with Gasteiger partial charge in [0, 0.05) is 0 Å². The normalized spacial score (nSPS) is 13.0. The maximum atomic E-state index is 9.59. The van der Waals surface area contributed by atoms with Crippen LogP contribution in [0.3, 0.4) is 0 Å². The first-order chi connectivity index (χ1) is 3.13. The van der Waals surface area contributed by atoms with E-state index in [0.29, 0.717) is 0 Å². The van der Waals surface area contributed by atoms with Gasteiger partial charge in [0.05, 0.1) is 17.5 Å². The Morgan fingerprint density at radius 3 is 2.00 bits per heavy atom. The fraction of sp³-hybridized carbons (Fsp3) is 1.00. The zero-order valence-electron chi connectivity index (χ0n) is 5.21. The van der Waals surface area contributed by atoms with Gasteiger partial charge in [0.1, 0.15) is 0 Å². The molecule has 0 aliphatic heterocycles. The van der Waals surface area contributed by atoms with E-state index in [1.807, 2.05) is 0 Å². The van der Waals surface area contributed by atoms with Crippen molar-refractivity contribution in [1.82, 2.24) is 0 Å².